The molecule has 1 unspecified atom stereocenters. The van der Waals surface area contributed by atoms with Gasteiger partial charge in [0.15, 0.2) is 5.75 Å². The predicted octanol–water partition coefficient (Wildman–Crippen LogP) is 3.68. The van der Waals surface area contributed by atoms with Gasteiger partial charge in [-0.05, 0) is 42.7 Å². The number of fused-ring (bicyclic) bond motifs is 2. The fourth-order valence-electron chi connectivity index (χ4n) is 3.89. The molecule has 1 saturated heterocycles. The molecule has 2 aliphatic heterocycles. The molecule has 3 heterocycles. The van der Waals surface area contributed by atoms with Crippen LogP contribution in [-0.4, -0.2) is 34.3 Å². The van der Waals surface area contributed by atoms with Crippen LogP contribution >= 0.6 is 11.6 Å². The number of halogens is 1. The van der Waals surface area contributed by atoms with Crippen molar-refractivity contribution in [3.05, 3.63) is 52.5 Å². The molecule has 0 aliphatic carbocycles. The van der Waals surface area contributed by atoms with Gasteiger partial charge in [-0.25, -0.2) is 4.98 Å². The highest BCUT2D eigenvalue weighted by Crippen LogP contribution is 2.31. The van der Waals surface area contributed by atoms with Gasteiger partial charge in [0.05, 0.1) is 18.2 Å². The summed E-state index contributed by atoms with van der Waals surface area (Å²) in [6.45, 7) is 1.98. The first-order valence-corrected chi connectivity index (χ1v) is 10.1. The molecule has 0 amide bonds. The largest absolute Gasteiger partial charge is 0.394 e. The Morgan fingerprint density at radius 3 is 3.03 bits per heavy atom. The standard InChI is InChI=1S/C21H21ClN4O3/c22-15-5-6-18-17(9-15)20(25-21(24-18)26-7-1-2-16(26)11-27)23-10-13-3-4-14-12-28-29-19(14)8-13/h3-6,8-9,16,27H,1-2,7,10-12H2,(H,23,24,25). The van der Waals surface area contributed by atoms with E-state index < -0.39 is 0 Å². The minimum absolute atomic E-state index is 0.0569. The Kier molecular flexibility index (Phi) is 4.87. The van der Waals surface area contributed by atoms with Crippen molar-refractivity contribution in [2.45, 2.75) is 32.0 Å². The van der Waals surface area contributed by atoms with E-state index in [9.17, 15) is 5.11 Å². The minimum atomic E-state index is 0.0569. The van der Waals surface area contributed by atoms with Gasteiger partial charge in [0, 0.05) is 29.1 Å². The third-order valence-electron chi connectivity index (χ3n) is 5.45. The Labute approximate surface area is 173 Å². The van der Waals surface area contributed by atoms with Crippen molar-refractivity contribution in [2.75, 3.05) is 23.4 Å². The number of nitrogens with zero attached hydrogens (tertiary/aromatic N) is 3. The number of nitrogens with one attached hydrogen (secondary N) is 1. The summed E-state index contributed by atoms with van der Waals surface area (Å²) in [7, 11) is 0. The third kappa shape index (κ3) is 3.57. The van der Waals surface area contributed by atoms with Gasteiger partial charge in [-0.2, -0.15) is 9.87 Å². The number of anilines is 2. The highest BCUT2D eigenvalue weighted by atomic mass is 35.5. The second-order valence-corrected chi connectivity index (χ2v) is 7.78. The zero-order valence-corrected chi connectivity index (χ0v) is 16.5. The van der Waals surface area contributed by atoms with Gasteiger partial charge in [0.2, 0.25) is 5.95 Å². The van der Waals surface area contributed by atoms with Crippen molar-refractivity contribution < 1.29 is 14.9 Å². The summed E-state index contributed by atoms with van der Waals surface area (Å²) in [5.74, 6) is 2.10. The molecule has 7 nitrogen and oxygen atoms in total. The van der Waals surface area contributed by atoms with Crippen LogP contribution in [-0.2, 0) is 18.0 Å². The normalized spacial score (nSPS) is 18.1. The lowest BCUT2D eigenvalue weighted by Gasteiger charge is -2.24. The number of hydrogen-bond acceptors (Lipinski definition) is 7. The summed E-state index contributed by atoms with van der Waals surface area (Å²) in [5.41, 5.74) is 2.91. The summed E-state index contributed by atoms with van der Waals surface area (Å²) in [5, 5.41) is 14.6. The summed E-state index contributed by atoms with van der Waals surface area (Å²) < 4.78 is 0. The molecule has 0 saturated carbocycles. The molecule has 1 atom stereocenters. The monoisotopic (exact) mass is 412 g/mol. The van der Waals surface area contributed by atoms with Gasteiger partial charge in [-0.3, -0.25) is 0 Å². The number of aromatic nitrogens is 2. The molecule has 0 spiro atoms. The quantitative estimate of drug-likeness (QED) is 0.619. The Morgan fingerprint density at radius 2 is 2.14 bits per heavy atom. The van der Waals surface area contributed by atoms with Crippen LogP contribution in [0.3, 0.4) is 0 Å². The lowest BCUT2D eigenvalue weighted by molar-refractivity contribution is -0.194. The summed E-state index contributed by atoms with van der Waals surface area (Å²) >= 11 is 6.23. The van der Waals surface area contributed by atoms with Crippen molar-refractivity contribution in [1.82, 2.24) is 9.97 Å². The van der Waals surface area contributed by atoms with Gasteiger partial charge >= 0.3 is 0 Å². The molecule has 150 valence electrons. The Bertz CT molecular complexity index is 1060. The molecule has 2 N–H and O–H groups in total. The van der Waals surface area contributed by atoms with Crippen molar-refractivity contribution in [1.29, 1.82) is 0 Å². The van der Waals surface area contributed by atoms with Crippen molar-refractivity contribution >= 4 is 34.3 Å². The SMILES string of the molecule is OCC1CCCN1c1nc(NCc2ccc3c(c2)OOC3)c2cc(Cl)ccc2n1. The van der Waals surface area contributed by atoms with Crippen molar-refractivity contribution in [3.8, 4) is 5.75 Å². The van der Waals surface area contributed by atoms with Crippen LogP contribution in [0.5, 0.6) is 5.75 Å². The van der Waals surface area contributed by atoms with E-state index in [0.29, 0.717) is 29.9 Å². The Balaban J connectivity index is 1.48. The lowest BCUT2D eigenvalue weighted by atomic mass is 10.1. The topological polar surface area (TPSA) is 79.7 Å². The first-order valence-electron chi connectivity index (χ1n) is 9.71. The van der Waals surface area contributed by atoms with Gasteiger partial charge in [-0.1, -0.05) is 23.7 Å². The number of benzene rings is 2. The van der Waals surface area contributed by atoms with E-state index in [1.165, 1.54) is 0 Å². The van der Waals surface area contributed by atoms with Crippen LogP contribution in [0, 0.1) is 0 Å². The van der Waals surface area contributed by atoms with Gasteiger partial charge in [-0.15, -0.1) is 0 Å². The molecule has 3 aromatic rings. The van der Waals surface area contributed by atoms with Crippen LogP contribution in [0.2, 0.25) is 5.02 Å². The molecule has 2 aromatic carbocycles. The zero-order chi connectivity index (χ0) is 19.8. The maximum atomic E-state index is 9.69. The molecular weight excluding hydrogens is 392 g/mol. The average molecular weight is 413 g/mol. The maximum absolute atomic E-state index is 9.69. The molecule has 0 radical (unpaired) electrons. The van der Waals surface area contributed by atoms with Crippen LogP contribution in [0.25, 0.3) is 10.9 Å². The summed E-state index contributed by atoms with van der Waals surface area (Å²) in [6, 6.07) is 11.7. The van der Waals surface area contributed by atoms with E-state index in [4.69, 9.17) is 31.3 Å². The number of aliphatic hydroxyl groups excluding tert-OH is 1. The summed E-state index contributed by atoms with van der Waals surface area (Å²) in [6.07, 6.45) is 1.96. The van der Waals surface area contributed by atoms with Crippen LogP contribution < -0.4 is 15.1 Å². The minimum Gasteiger partial charge on any atom is -0.394 e. The van der Waals surface area contributed by atoms with Crippen LogP contribution in [0.15, 0.2) is 36.4 Å². The van der Waals surface area contributed by atoms with E-state index in [1.54, 1.807) is 0 Å². The molecule has 29 heavy (non-hydrogen) atoms. The van der Waals surface area contributed by atoms with Crippen molar-refractivity contribution in [3.63, 3.8) is 0 Å². The van der Waals surface area contributed by atoms with Gasteiger partial charge in [0.1, 0.15) is 12.4 Å². The first kappa shape index (κ1) is 18.4. The van der Waals surface area contributed by atoms with E-state index in [-0.39, 0.29) is 12.6 Å². The second-order valence-electron chi connectivity index (χ2n) is 7.35. The molecule has 1 aromatic heterocycles. The number of rotatable bonds is 5. The molecule has 1 fully saturated rings. The fourth-order valence-corrected chi connectivity index (χ4v) is 4.06. The molecule has 8 heteroatoms. The van der Waals surface area contributed by atoms with E-state index in [2.05, 4.69) is 10.2 Å². The second kappa shape index (κ2) is 7.67. The zero-order valence-electron chi connectivity index (χ0n) is 15.8. The Hall–Kier alpha value is -2.61. The lowest BCUT2D eigenvalue weighted by Crippen LogP contribution is -2.33. The Morgan fingerprint density at radius 1 is 1.21 bits per heavy atom. The third-order valence-corrected chi connectivity index (χ3v) is 5.68. The van der Waals surface area contributed by atoms with E-state index in [1.807, 2.05) is 36.4 Å². The molecular formula is C21H21ClN4O3. The van der Waals surface area contributed by atoms with Gasteiger partial charge < -0.3 is 20.2 Å². The number of aliphatic hydroxyl groups is 1. The molecule has 2 aliphatic rings. The number of hydrogen-bond donors (Lipinski definition) is 2. The smallest absolute Gasteiger partial charge is 0.228 e. The highest BCUT2D eigenvalue weighted by molar-refractivity contribution is 6.31. The fraction of sp³-hybridized carbons (Fsp3) is 0.333. The maximum Gasteiger partial charge on any atom is 0.228 e. The van der Waals surface area contributed by atoms with Gasteiger partial charge in [0.25, 0.3) is 0 Å². The van der Waals surface area contributed by atoms with Crippen LogP contribution in [0.1, 0.15) is 24.0 Å². The first-order chi connectivity index (χ1) is 14.2. The molecule has 5 rings (SSSR count). The van der Waals surface area contributed by atoms with E-state index in [0.717, 1.165) is 47.2 Å². The predicted molar refractivity (Wildman–Crippen MR) is 111 cm³/mol. The summed E-state index contributed by atoms with van der Waals surface area (Å²) in [4.78, 5) is 21.8. The van der Waals surface area contributed by atoms with Crippen molar-refractivity contribution in [2.24, 2.45) is 0 Å². The van der Waals surface area contributed by atoms with E-state index >= 15 is 0 Å². The van der Waals surface area contributed by atoms with Crippen LogP contribution in [0.4, 0.5) is 11.8 Å². The average Bonchev–Trinajstić information content (AvgIpc) is 3.40. The molecule has 0 bridgehead atoms. The highest BCUT2D eigenvalue weighted by Gasteiger charge is 2.27.